The van der Waals surface area contributed by atoms with Crippen molar-refractivity contribution in [2.45, 2.75) is 13.6 Å². The molecule has 0 aliphatic rings. The van der Waals surface area contributed by atoms with Gasteiger partial charge in [0.1, 0.15) is 19.2 Å². The molecule has 0 aliphatic carbocycles. The van der Waals surface area contributed by atoms with Gasteiger partial charge in [0.05, 0.1) is 10.7 Å². The third kappa shape index (κ3) is 2.67. The van der Waals surface area contributed by atoms with Gasteiger partial charge >= 0.3 is 0 Å². The van der Waals surface area contributed by atoms with Gasteiger partial charge in [0.15, 0.2) is 23.3 Å². The molecule has 1 N–H and O–H groups in total. The molecule has 0 saturated heterocycles. The van der Waals surface area contributed by atoms with Gasteiger partial charge in [-0.05, 0) is 35.4 Å². The highest BCUT2D eigenvalue weighted by Crippen LogP contribution is 2.37. The molecule has 0 aliphatic heterocycles. The lowest BCUT2D eigenvalue weighted by molar-refractivity contribution is 0.418. The van der Waals surface area contributed by atoms with E-state index in [-0.39, 0.29) is 38.0 Å². The van der Waals surface area contributed by atoms with E-state index in [0.29, 0.717) is 0 Å². The van der Waals surface area contributed by atoms with Gasteiger partial charge < -0.3 is 0 Å². The molecule has 0 unspecified atom stereocenters. The molecule has 4 rings (SSSR count). The minimum absolute atomic E-state index is 0.0472. The average Bonchev–Trinajstić information content (AvgIpc) is 3.25. The van der Waals surface area contributed by atoms with Gasteiger partial charge in [-0.25, -0.2) is 30.7 Å². The Morgan fingerprint density at radius 1 is 0.938 bits per heavy atom. The van der Waals surface area contributed by atoms with Crippen molar-refractivity contribution < 1.29 is 30.7 Å². The fraction of sp³-hybridized carbons (Fsp3) is 0.136. The zero-order valence-corrected chi connectivity index (χ0v) is 16.1. The number of benzene rings is 2. The van der Waals surface area contributed by atoms with Gasteiger partial charge in [-0.2, -0.15) is 10.3 Å². The van der Waals surface area contributed by atoms with E-state index in [9.17, 15) is 30.7 Å². The Morgan fingerprint density at radius 3 is 2.09 bits per heavy atom. The van der Waals surface area contributed by atoms with E-state index < -0.39 is 64.1 Å². The molecule has 162 valence electrons. The van der Waals surface area contributed by atoms with Crippen LogP contribution in [-0.2, 0) is 6.67 Å². The monoisotopic (exact) mass is 449 g/mol. The van der Waals surface area contributed by atoms with Gasteiger partial charge in [-0.3, -0.25) is 5.41 Å². The number of nitriles is 1. The van der Waals surface area contributed by atoms with Crippen molar-refractivity contribution in [1.82, 2.24) is 0 Å². The van der Waals surface area contributed by atoms with E-state index in [1.54, 1.807) is 0 Å². The van der Waals surface area contributed by atoms with Crippen LogP contribution in [0.4, 0.5) is 30.7 Å². The Bertz CT molecular complexity index is 1630. The summed E-state index contributed by atoms with van der Waals surface area (Å²) >= 11 is 0. The van der Waals surface area contributed by atoms with Gasteiger partial charge in [0.25, 0.3) is 0 Å². The number of allylic oxidation sites excluding steroid dienone is 1. The van der Waals surface area contributed by atoms with E-state index in [1.165, 1.54) is 6.19 Å². The molecular weight excluding hydrogens is 439 g/mol. The number of rotatable bonds is 3. The van der Waals surface area contributed by atoms with Gasteiger partial charge in [0.2, 0.25) is 6.19 Å². The van der Waals surface area contributed by atoms with Crippen LogP contribution in [0.5, 0.6) is 0 Å². The van der Waals surface area contributed by atoms with Crippen molar-refractivity contribution in [3.8, 4) is 6.19 Å². The highest BCUT2D eigenvalue weighted by molar-refractivity contribution is 6.16. The maximum atomic E-state index is 14.9. The summed E-state index contributed by atoms with van der Waals surface area (Å²) in [4.78, 5) is 3.51. The number of hydrogen-bond acceptors (Lipinski definition) is 3. The van der Waals surface area contributed by atoms with E-state index in [0.717, 1.165) is 19.1 Å². The van der Waals surface area contributed by atoms with Crippen LogP contribution in [-0.4, -0.2) is 6.67 Å². The zero-order chi connectivity index (χ0) is 23.5. The Kier molecular flexibility index (Phi) is 5.00. The van der Waals surface area contributed by atoms with Crippen molar-refractivity contribution >= 4 is 38.1 Å². The molecular formula is C22H10F7N3. The summed E-state index contributed by atoms with van der Waals surface area (Å²) in [6, 6.07) is 2.18. The summed E-state index contributed by atoms with van der Waals surface area (Å²) in [5.74, 6) is -8.81. The largest absolute Gasteiger partial charge is 0.299 e. The second kappa shape index (κ2) is 7.44. The summed E-state index contributed by atoms with van der Waals surface area (Å²) < 4.78 is 98.4. The normalized spacial score (nSPS) is 13.4. The molecule has 3 nitrogen and oxygen atoms in total. The fourth-order valence-corrected chi connectivity index (χ4v) is 3.94. The summed E-state index contributed by atoms with van der Waals surface area (Å²) in [5, 5.41) is 14.1. The second-order valence-corrected chi connectivity index (χ2v) is 7.10. The van der Waals surface area contributed by atoms with Crippen LogP contribution in [0.25, 0.3) is 38.1 Å². The topological polar surface area (TPSA) is 60.0 Å². The Morgan fingerprint density at radius 2 is 1.53 bits per heavy atom. The first-order valence-electron chi connectivity index (χ1n) is 9.01. The number of nitrogens with one attached hydrogen (secondary N) is 1. The lowest BCUT2D eigenvalue weighted by atomic mass is 10.1. The zero-order valence-electron chi connectivity index (χ0n) is 16.1. The van der Waals surface area contributed by atoms with Crippen LogP contribution in [0.2, 0.25) is 0 Å². The molecule has 4 aromatic rings. The molecule has 32 heavy (non-hydrogen) atoms. The number of alkyl halides is 2. The maximum Gasteiger partial charge on any atom is 0.206 e. The van der Waals surface area contributed by atoms with E-state index in [2.05, 4.69) is 4.99 Å². The van der Waals surface area contributed by atoms with Crippen LogP contribution < -0.4 is 10.7 Å². The lowest BCUT2D eigenvalue weighted by Crippen LogP contribution is -2.07. The van der Waals surface area contributed by atoms with Gasteiger partial charge in [0, 0.05) is 32.7 Å². The predicted molar refractivity (Wildman–Crippen MR) is 103 cm³/mol. The number of halogens is 7. The van der Waals surface area contributed by atoms with Crippen molar-refractivity contribution in [3.05, 3.63) is 62.8 Å². The van der Waals surface area contributed by atoms with Crippen LogP contribution >= 0.6 is 0 Å². The molecule has 0 aromatic heterocycles. The van der Waals surface area contributed by atoms with Crippen LogP contribution in [0.15, 0.2) is 22.7 Å². The average molecular weight is 449 g/mol. The second-order valence-electron chi connectivity index (χ2n) is 7.10. The Balaban J connectivity index is 2.33. The Hall–Kier alpha value is -3.74. The van der Waals surface area contributed by atoms with Crippen molar-refractivity contribution in [3.63, 3.8) is 0 Å². The summed E-state index contributed by atoms with van der Waals surface area (Å²) in [5.41, 5.74) is -1.21. The molecule has 0 saturated carbocycles. The SMILES string of the molecule is C/C(CF)=C(\F)c1c(CF)c2cc3c(cc2c1=NC#N)c(=N)c1c(F)c(F)c(F)c(F)c13. The van der Waals surface area contributed by atoms with Crippen LogP contribution in [0, 0.1) is 40.1 Å². The first kappa shape index (κ1) is 21.5. The third-order valence-corrected chi connectivity index (χ3v) is 5.42. The standard InChI is InChI=1S/C22H10F7N3/c1-7(4-23)16(25)14-12(5-24)8-2-9-10(3-11(8)22(14)32-6-30)21(31)15-13(9)17(26)19(28)20(29)18(15)27/h2-3,31H,4-5H2,1H3/b16-7+,31-21?,32-22?. The maximum absolute atomic E-state index is 14.9. The Labute approximate surface area is 174 Å². The van der Waals surface area contributed by atoms with E-state index in [4.69, 9.17) is 10.7 Å². The van der Waals surface area contributed by atoms with Crippen molar-refractivity contribution in [2.75, 3.05) is 6.67 Å². The summed E-state index contributed by atoms with van der Waals surface area (Å²) in [7, 11) is 0. The molecule has 0 fully saturated rings. The summed E-state index contributed by atoms with van der Waals surface area (Å²) in [6.07, 6.45) is 1.44. The molecule has 0 radical (unpaired) electrons. The van der Waals surface area contributed by atoms with Crippen molar-refractivity contribution in [2.24, 2.45) is 4.99 Å². The molecule has 0 spiro atoms. The number of hydrogen-bond donors (Lipinski definition) is 1. The highest BCUT2D eigenvalue weighted by Gasteiger charge is 2.27. The van der Waals surface area contributed by atoms with Gasteiger partial charge in [-0.15, -0.1) is 0 Å². The predicted octanol–water partition coefficient (Wildman–Crippen LogP) is 5.58. The molecule has 0 bridgehead atoms. The minimum Gasteiger partial charge on any atom is -0.299 e. The lowest BCUT2D eigenvalue weighted by Gasteiger charge is -2.03. The van der Waals surface area contributed by atoms with Crippen LogP contribution in [0.3, 0.4) is 0 Å². The minimum atomic E-state index is -2.08. The first-order chi connectivity index (χ1) is 15.2. The highest BCUT2D eigenvalue weighted by atomic mass is 19.2. The third-order valence-electron chi connectivity index (χ3n) is 5.42. The molecule has 10 heteroatoms. The first-order valence-corrected chi connectivity index (χ1v) is 9.01. The van der Waals surface area contributed by atoms with E-state index >= 15 is 0 Å². The number of fused-ring (bicyclic) bond motifs is 4. The molecule has 0 heterocycles. The van der Waals surface area contributed by atoms with Gasteiger partial charge in [-0.1, -0.05) is 0 Å². The molecule has 0 atom stereocenters. The quantitative estimate of drug-likeness (QED) is 0.189. The molecule has 0 amide bonds. The van der Waals surface area contributed by atoms with E-state index in [1.807, 2.05) is 0 Å². The van der Waals surface area contributed by atoms with Crippen LogP contribution in [0.1, 0.15) is 18.1 Å². The molecule has 4 aromatic carbocycles. The number of nitrogens with zero attached hydrogens (tertiary/aromatic N) is 2. The van der Waals surface area contributed by atoms with Crippen molar-refractivity contribution in [1.29, 1.82) is 10.7 Å². The smallest absolute Gasteiger partial charge is 0.206 e. The fourth-order valence-electron chi connectivity index (χ4n) is 3.94. The summed E-state index contributed by atoms with van der Waals surface area (Å²) in [6.45, 7) is -1.38.